The topological polar surface area (TPSA) is 87.2 Å². The molecule has 0 saturated heterocycles. The number of carboxylic acid groups (broad SMARTS) is 1. The maximum Gasteiger partial charge on any atom is 0.392 e. The zero-order valence-electron chi connectivity index (χ0n) is 7.43. The lowest BCUT2D eigenvalue weighted by Crippen LogP contribution is -2.19. The molecule has 0 radical (unpaired) electrons. The highest BCUT2D eigenvalue weighted by Gasteiger charge is 2.56. The Morgan fingerprint density at radius 3 is 2.00 bits per heavy atom. The summed E-state index contributed by atoms with van der Waals surface area (Å²) in [5.41, 5.74) is 4.87. The van der Waals surface area contributed by atoms with Crippen molar-refractivity contribution >= 4 is 11.8 Å². The summed E-state index contributed by atoms with van der Waals surface area (Å²) in [4.78, 5) is 9.00. The van der Waals surface area contributed by atoms with Crippen LogP contribution in [-0.4, -0.2) is 23.1 Å². The van der Waals surface area contributed by atoms with E-state index in [0.717, 1.165) is 6.92 Å². The third-order valence-electron chi connectivity index (χ3n) is 1.61. The second kappa shape index (κ2) is 4.30. The van der Waals surface area contributed by atoms with Crippen molar-refractivity contribution in [1.29, 1.82) is 5.41 Å². The first-order valence-corrected chi connectivity index (χ1v) is 3.76. The van der Waals surface area contributed by atoms with Gasteiger partial charge in [-0.2, -0.15) is 13.2 Å². The number of amidine groups is 1. The predicted octanol–water partition coefficient (Wildman–Crippen LogP) is 1.21. The summed E-state index contributed by atoms with van der Waals surface area (Å²) in [6.45, 7) is 1.08. The van der Waals surface area contributed by atoms with E-state index in [1.165, 1.54) is 0 Å². The van der Waals surface area contributed by atoms with Gasteiger partial charge in [-0.1, -0.05) is 0 Å². The first-order chi connectivity index (χ1) is 6.16. The number of carboxylic acids is 1. The molecule has 0 spiro atoms. The lowest BCUT2D eigenvalue weighted by molar-refractivity contribution is -0.149. The third kappa shape index (κ3) is 4.68. The second-order valence-corrected chi connectivity index (χ2v) is 2.96. The van der Waals surface area contributed by atoms with E-state index in [9.17, 15) is 13.2 Å². The molecule has 1 saturated carbocycles. The Kier molecular flexibility index (Phi) is 3.91. The lowest BCUT2D eigenvalue weighted by atomic mass is 10.3. The highest BCUT2D eigenvalue weighted by atomic mass is 19.4. The van der Waals surface area contributed by atoms with E-state index >= 15 is 0 Å². The molecule has 1 aliphatic rings. The SMILES string of the molecule is CC(=O)O.N=C(N)[C@@H]1C[C@H]1C(F)(F)F. The van der Waals surface area contributed by atoms with Crippen LogP contribution in [0.5, 0.6) is 0 Å². The molecule has 4 N–H and O–H groups in total. The maximum absolute atomic E-state index is 11.7. The van der Waals surface area contributed by atoms with Gasteiger partial charge in [-0.15, -0.1) is 0 Å². The molecule has 82 valence electrons. The molecule has 1 fully saturated rings. The van der Waals surface area contributed by atoms with Crippen molar-refractivity contribution in [3.8, 4) is 0 Å². The van der Waals surface area contributed by atoms with Gasteiger partial charge in [0.15, 0.2) is 0 Å². The number of rotatable bonds is 1. The van der Waals surface area contributed by atoms with Crippen molar-refractivity contribution in [1.82, 2.24) is 0 Å². The van der Waals surface area contributed by atoms with Gasteiger partial charge >= 0.3 is 6.18 Å². The van der Waals surface area contributed by atoms with Crippen molar-refractivity contribution in [3.63, 3.8) is 0 Å². The molecule has 0 bridgehead atoms. The van der Waals surface area contributed by atoms with Crippen LogP contribution in [0.2, 0.25) is 0 Å². The average molecular weight is 212 g/mol. The van der Waals surface area contributed by atoms with Crippen LogP contribution in [0.15, 0.2) is 0 Å². The van der Waals surface area contributed by atoms with E-state index in [0.29, 0.717) is 0 Å². The Morgan fingerprint density at radius 2 is 1.93 bits per heavy atom. The van der Waals surface area contributed by atoms with Crippen molar-refractivity contribution in [3.05, 3.63) is 0 Å². The Hall–Kier alpha value is -1.27. The quantitative estimate of drug-likeness (QED) is 0.451. The zero-order valence-corrected chi connectivity index (χ0v) is 7.43. The van der Waals surface area contributed by atoms with Crippen LogP contribution in [-0.2, 0) is 4.79 Å². The molecule has 0 aromatic carbocycles. The monoisotopic (exact) mass is 212 g/mol. The van der Waals surface area contributed by atoms with E-state index in [1.54, 1.807) is 0 Å². The van der Waals surface area contributed by atoms with Crippen molar-refractivity contribution in [2.24, 2.45) is 17.6 Å². The maximum atomic E-state index is 11.7. The summed E-state index contributed by atoms with van der Waals surface area (Å²) >= 11 is 0. The molecular formula is C7H11F3N2O2. The Balaban J connectivity index is 0.000000364. The van der Waals surface area contributed by atoms with E-state index in [1.807, 2.05) is 0 Å². The van der Waals surface area contributed by atoms with Crippen molar-refractivity contribution < 1.29 is 23.1 Å². The van der Waals surface area contributed by atoms with Crippen molar-refractivity contribution in [2.45, 2.75) is 19.5 Å². The van der Waals surface area contributed by atoms with Gasteiger partial charge in [0.2, 0.25) is 0 Å². The first-order valence-electron chi connectivity index (χ1n) is 3.76. The van der Waals surface area contributed by atoms with Gasteiger partial charge in [0.1, 0.15) is 0 Å². The minimum absolute atomic E-state index is 0.00116. The highest BCUT2D eigenvalue weighted by molar-refractivity contribution is 5.82. The van der Waals surface area contributed by atoms with E-state index in [-0.39, 0.29) is 12.3 Å². The summed E-state index contributed by atoms with van der Waals surface area (Å²) in [6, 6.07) is 0. The number of nitrogens with two attached hydrogens (primary N) is 1. The number of hydrogen-bond donors (Lipinski definition) is 3. The number of aliphatic carboxylic acids is 1. The van der Waals surface area contributed by atoms with Gasteiger partial charge in [0, 0.05) is 12.8 Å². The minimum Gasteiger partial charge on any atom is -0.481 e. The van der Waals surface area contributed by atoms with E-state index in [2.05, 4.69) is 0 Å². The average Bonchev–Trinajstić information content (AvgIpc) is 2.58. The largest absolute Gasteiger partial charge is 0.481 e. The fourth-order valence-corrected chi connectivity index (χ4v) is 0.900. The number of carbonyl (C=O) groups is 1. The summed E-state index contributed by atoms with van der Waals surface area (Å²) in [5.74, 6) is -3.26. The number of halogens is 3. The molecule has 0 aliphatic heterocycles. The second-order valence-electron chi connectivity index (χ2n) is 2.96. The molecule has 0 unspecified atom stereocenters. The van der Waals surface area contributed by atoms with Gasteiger partial charge in [-0.25, -0.2) is 0 Å². The van der Waals surface area contributed by atoms with Gasteiger partial charge in [0.05, 0.1) is 11.8 Å². The number of hydrogen-bond acceptors (Lipinski definition) is 2. The summed E-state index contributed by atoms with van der Waals surface area (Å²) in [6.07, 6.45) is -4.16. The fourth-order valence-electron chi connectivity index (χ4n) is 0.900. The Bertz CT molecular complexity index is 236. The Labute approximate surface area is 78.4 Å². The number of alkyl halides is 3. The minimum atomic E-state index is -4.16. The Morgan fingerprint density at radius 1 is 1.57 bits per heavy atom. The molecule has 0 amide bonds. The normalized spacial score (nSPS) is 24.6. The number of nitrogens with one attached hydrogen (secondary N) is 1. The van der Waals surface area contributed by atoms with Crippen LogP contribution in [0.25, 0.3) is 0 Å². The molecule has 1 aliphatic carbocycles. The van der Waals surface area contributed by atoms with Crippen molar-refractivity contribution in [2.75, 3.05) is 0 Å². The molecule has 14 heavy (non-hydrogen) atoms. The van der Waals surface area contributed by atoms with Crippen LogP contribution in [0.1, 0.15) is 13.3 Å². The molecule has 0 heterocycles. The summed E-state index contributed by atoms with van der Waals surface area (Å²) in [5, 5.41) is 14.1. The molecule has 1 rings (SSSR count). The fraction of sp³-hybridized carbons (Fsp3) is 0.714. The summed E-state index contributed by atoms with van der Waals surface area (Å²) in [7, 11) is 0. The predicted molar refractivity (Wildman–Crippen MR) is 42.9 cm³/mol. The van der Waals surface area contributed by atoms with Gasteiger partial charge < -0.3 is 10.8 Å². The first kappa shape index (κ1) is 12.7. The van der Waals surface area contributed by atoms with Crippen LogP contribution in [0.4, 0.5) is 13.2 Å². The van der Waals surface area contributed by atoms with Crippen LogP contribution in [0.3, 0.4) is 0 Å². The lowest BCUT2D eigenvalue weighted by Gasteiger charge is -2.02. The van der Waals surface area contributed by atoms with E-state index in [4.69, 9.17) is 21.0 Å². The molecule has 2 atom stereocenters. The molecule has 4 nitrogen and oxygen atoms in total. The zero-order chi connectivity index (χ0) is 11.5. The van der Waals surface area contributed by atoms with Gasteiger partial charge in [0.25, 0.3) is 5.97 Å². The standard InChI is InChI=1S/C5H7F3N2.C2H4O2/c6-5(7,8)3-1-2(3)4(9)10;1-2(3)4/h2-3H,1H2,(H3,9,10);1H3,(H,3,4)/t2-,3-;/m1./s1. The third-order valence-corrected chi connectivity index (χ3v) is 1.61. The van der Waals surface area contributed by atoms with Crippen LogP contribution >= 0.6 is 0 Å². The summed E-state index contributed by atoms with van der Waals surface area (Å²) < 4.78 is 35.1. The molecule has 0 aromatic rings. The molecular weight excluding hydrogens is 201 g/mol. The highest BCUT2D eigenvalue weighted by Crippen LogP contribution is 2.49. The van der Waals surface area contributed by atoms with Crippen LogP contribution < -0.4 is 5.73 Å². The van der Waals surface area contributed by atoms with Gasteiger partial charge in [-0.3, -0.25) is 10.2 Å². The smallest absolute Gasteiger partial charge is 0.392 e. The van der Waals surface area contributed by atoms with Gasteiger partial charge in [-0.05, 0) is 6.42 Å². The van der Waals surface area contributed by atoms with Crippen LogP contribution in [0, 0.1) is 17.2 Å². The molecule has 0 aromatic heterocycles. The van der Waals surface area contributed by atoms with E-state index < -0.39 is 24.0 Å². The molecule has 7 heteroatoms.